The van der Waals surface area contributed by atoms with Crippen LogP contribution in [0.2, 0.25) is 0 Å². The fourth-order valence-electron chi connectivity index (χ4n) is 3.61. The molecule has 0 saturated carbocycles. The average molecular weight is 425 g/mol. The molecule has 28 heavy (non-hydrogen) atoms. The Morgan fingerprint density at radius 2 is 0.964 bits per heavy atom. The standard InChI is InChI=1S/C20H36N6S2/c1-3-17(21-23-19(27)25-13-9-5-6-10-14-25)18(4-2)22-24-20(28)26-15-11-7-8-12-16-26/h3-16H2,1-2H3,(H,23,27)(H,24,28)/b21-17+,22-18+. The summed E-state index contributed by atoms with van der Waals surface area (Å²) < 4.78 is 0. The number of thiocarbonyl (C=S) groups is 2. The highest BCUT2D eigenvalue weighted by atomic mass is 32.1. The molecule has 2 fully saturated rings. The van der Waals surface area contributed by atoms with Gasteiger partial charge < -0.3 is 9.80 Å². The number of nitrogens with one attached hydrogen (secondary N) is 2. The first kappa shape index (κ1) is 23.0. The SMILES string of the molecule is CCC(=N\NC(=S)N1CCCCCC1)/C(CC)=N/NC(=S)N1CCCCCC1. The van der Waals surface area contributed by atoms with Crippen LogP contribution in [0.5, 0.6) is 0 Å². The van der Waals surface area contributed by atoms with E-state index in [4.69, 9.17) is 24.4 Å². The number of likely N-dealkylation sites (tertiary alicyclic amines) is 2. The highest BCUT2D eigenvalue weighted by Gasteiger charge is 2.14. The maximum Gasteiger partial charge on any atom is 0.189 e. The predicted molar refractivity (Wildman–Crippen MR) is 127 cm³/mol. The Labute approximate surface area is 181 Å². The number of hydrogen-bond donors (Lipinski definition) is 2. The molecule has 0 aromatic heterocycles. The van der Waals surface area contributed by atoms with Crippen molar-refractivity contribution in [1.29, 1.82) is 0 Å². The van der Waals surface area contributed by atoms with E-state index in [0.29, 0.717) is 0 Å². The first-order valence-electron chi connectivity index (χ1n) is 10.9. The van der Waals surface area contributed by atoms with Crippen molar-refractivity contribution < 1.29 is 0 Å². The molecule has 0 unspecified atom stereocenters. The van der Waals surface area contributed by atoms with Gasteiger partial charge in [0.2, 0.25) is 0 Å². The summed E-state index contributed by atoms with van der Waals surface area (Å²) in [4.78, 5) is 4.46. The van der Waals surface area contributed by atoms with Crippen molar-refractivity contribution in [3.05, 3.63) is 0 Å². The van der Waals surface area contributed by atoms with Crippen LogP contribution in [0, 0.1) is 0 Å². The van der Waals surface area contributed by atoms with Crippen molar-refractivity contribution in [2.75, 3.05) is 26.2 Å². The van der Waals surface area contributed by atoms with E-state index in [-0.39, 0.29) is 0 Å². The van der Waals surface area contributed by atoms with E-state index in [0.717, 1.165) is 60.7 Å². The molecular weight excluding hydrogens is 388 g/mol. The van der Waals surface area contributed by atoms with Crippen molar-refractivity contribution in [1.82, 2.24) is 20.7 Å². The topological polar surface area (TPSA) is 55.3 Å². The molecule has 0 atom stereocenters. The fraction of sp³-hybridized carbons (Fsp3) is 0.800. The van der Waals surface area contributed by atoms with Crippen LogP contribution in [0.3, 0.4) is 0 Å². The quantitative estimate of drug-likeness (QED) is 0.395. The molecule has 0 aliphatic carbocycles. The van der Waals surface area contributed by atoms with Gasteiger partial charge >= 0.3 is 0 Å². The summed E-state index contributed by atoms with van der Waals surface area (Å²) in [5.74, 6) is 0. The minimum absolute atomic E-state index is 0.719. The molecule has 2 N–H and O–H groups in total. The number of nitrogens with zero attached hydrogens (tertiary/aromatic N) is 4. The maximum atomic E-state index is 5.55. The summed E-state index contributed by atoms with van der Waals surface area (Å²) in [5.41, 5.74) is 8.04. The van der Waals surface area contributed by atoms with Gasteiger partial charge in [-0.15, -0.1) is 0 Å². The molecule has 0 bridgehead atoms. The molecule has 0 aromatic carbocycles. The highest BCUT2D eigenvalue weighted by Crippen LogP contribution is 2.11. The van der Waals surface area contributed by atoms with Gasteiger partial charge in [0.1, 0.15) is 0 Å². The third-order valence-electron chi connectivity index (χ3n) is 5.36. The molecule has 0 spiro atoms. The number of hydrazone groups is 2. The van der Waals surface area contributed by atoms with E-state index in [1.165, 1.54) is 51.4 Å². The zero-order valence-electron chi connectivity index (χ0n) is 17.5. The van der Waals surface area contributed by atoms with Crippen molar-refractivity contribution in [3.63, 3.8) is 0 Å². The molecule has 8 heteroatoms. The van der Waals surface area contributed by atoms with E-state index < -0.39 is 0 Å². The summed E-state index contributed by atoms with van der Waals surface area (Å²) in [6.45, 7) is 8.25. The van der Waals surface area contributed by atoms with Gasteiger partial charge in [0, 0.05) is 26.2 Å². The second-order valence-corrected chi connectivity index (χ2v) is 8.23. The van der Waals surface area contributed by atoms with Crippen LogP contribution in [-0.4, -0.2) is 57.6 Å². The van der Waals surface area contributed by atoms with E-state index in [2.05, 4.69) is 44.7 Å². The summed E-state index contributed by atoms with van der Waals surface area (Å²) in [6, 6.07) is 0. The third kappa shape index (κ3) is 7.62. The number of hydrogen-bond acceptors (Lipinski definition) is 4. The molecule has 0 amide bonds. The normalized spacial score (nSPS) is 19.6. The zero-order valence-corrected chi connectivity index (χ0v) is 19.1. The highest BCUT2D eigenvalue weighted by molar-refractivity contribution is 7.80. The van der Waals surface area contributed by atoms with Crippen LogP contribution in [0.1, 0.15) is 78.1 Å². The largest absolute Gasteiger partial charge is 0.348 e. The van der Waals surface area contributed by atoms with Gasteiger partial charge in [-0.3, -0.25) is 10.9 Å². The summed E-state index contributed by atoms with van der Waals surface area (Å²) in [7, 11) is 0. The van der Waals surface area contributed by atoms with Gasteiger partial charge in [0.15, 0.2) is 10.2 Å². The smallest absolute Gasteiger partial charge is 0.189 e. The molecule has 0 radical (unpaired) electrons. The van der Waals surface area contributed by atoms with Crippen molar-refractivity contribution in [3.8, 4) is 0 Å². The van der Waals surface area contributed by atoms with Gasteiger partial charge in [-0.05, 0) is 63.0 Å². The summed E-state index contributed by atoms with van der Waals surface area (Å²) >= 11 is 11.1. The Kier molecular flexibility index (Phi) is 10.7. The van der Waals surface area contributed by atoms with Crippen LogP contribution >= 0.6 is 24.4 Å². The van der Waals surface area contributed by atoms with Gasteiger partial charge in [0.25, 0.3) is 0 Å². The molecule has 158 valence electrons. The van der Waals surface area contributed by atoms with E-state index in [1.54, 1.807) is 0 Å². The number of rotatable bonds is 5. The summed E-state index contributed by atoms with van der Waals surface area (Å²) in [5, 5.41) is 10.6. The monoisotopic (exact) mass is 424 g/mol. The van der Waals surface area contributed by atoms with E-state index in [1.807, 2.05) is 0 Å². The Hall–Kier alpha value is -1.28. The van der Waals surface area contributed by atoms with Gasteiger partial charge in [-0.25, -0.2) is 0 Å². The van der Waals surface area contributed by atoms with Crippen LogP contribution < -0.4 is 10.9 Å². The van der Waals surface area contributed by atoms with E-state index in [9.17, 15) is 0 Å². The second-order valence-electron chi connectivity index (χ2n) is 7.46. The summed E-state index contributed by atoms with van der Waals surface area (Å²) in [6.07, 6.45) is 11.5. The van der Waals surface area contributed by atoms with Gasteiger partial charge in [-0.2, -0.15) is 10.2 Å². The van der Waals surface area contributed by atoms with Crippen LogP contribution in [0.4, 0.5) is 0 Å². The lowest BCUT2D eigenvalue weighted by molar-refractivity contribution is 0.428. The van der Waals surface area contributed by atoms with Crippen LogP contribution in [0.15, 0.2) is 10.2 Å². The first-order valence-corrected chi connectivity index (χ1v) is 11.7. The molecule has 6 nitrogen and oxygen atoms in total. The van der Waals surface area contributed by atoms with Crippen molar-refractivity contribution in [2.24, 2.45) is 10.2 Å². The molecule has 2 heterocycles. The molecule has 2 rings (SSSR count). The molecular formula is C20H36N6S2. The van der Waals surface area contributed by atoms with Crippen molar-refractivity contribution in [2.45, 2.75) is 78.1 Å². The zero-order chi connectivity index (χ0) is 20.2. The predicted octanol–water partition coefficient (Wildman–Crippen LogP) is 4.02. The minimum Gasteiger partial charge on any atom is -0.348 e. The Bertz CT molecular complexity index is 509. The van der Waals surface area contributed by atoms with Gasteiger partial charge in [-0.1, -0.05) is 39.5 Å². The van der Waals surface area contributed by atoms with Crippen molar-refractivity contribution >= 4 is 46.1 Å². The lowest BCUT2D eigenvalue weighted by atomic mass is 10.1. The molecule has 0 aromatic rings. The Morgan fingerprint density at radius 1 is 0.643 bits per heavy atom. The van der Waals surface area contributed by atoms with Crippen LogP contribution in [0.25, 0.3) is 0 Å². The van der Waals surface area contributed by atoms with Crippen LogP contribution in [-0.2, 0) is 0 Å². The Morgan fingerprint density at radius 3 is 1.25 bits per heavy atom. The molecule has 2 saturated heterocycles. The second kappa shape index (κ2) is 13.0. The average Bonchev–Trinajstić information content (AvgIpc) is 3.15. The molecule has 2 aliphatic heterocycles. The van der Waals surface area contributed by atoms with E-state index >= 15 is 0 Å². The first-order chi connectivity index (χ1) is 13.7. The third-order valence-corrected chi connectivity index (χ3v) is 6.06. The fourth-order valence-corrected chi connectivity index (χ4v) is 4.07. The Balaban J connectivity index is 1.94. The minimum atomic E-state index is 0.719. The maximum absolute atomic E-state index is 5.55. The van der Waals surface area contributed by atoms with Gasteiger partial charge in [0.05, 0.1) is 11.4 Å². The lowest BCUT2D eigenvalue weighted by Crippen LogP contribution is -2.39. The lowest BCUT2D eigenvalue weighted by Gasteiger charge is -2.23. The molecule has 2 aliphatic rings.